The zero-order chi connectivity index (χ0) is 16.2. The Hall–Kier alpha value is -2.14. The molecule has 5 heteroatoms. The number of rotatable bonds is 5. The number of para-hydroxylation sites is 1. The molecule has 0 radical (unpaired) electrons. The van der Waals surface area contributed by atoms with E-state index in [0.29, 0.717) is 18.5 Å². The summed E-state index contributed by atoms with van der Waals surface area (Å²) in [5.74, 6) is 0. The van der Waals surface area contributed by atoms with Crippen molar-refractivity contribution in [3.05, 3.63) is 36.0 Å². The summed E-state index contributed by atoms with van der Waals surface area (Å²) in [6.45, 7) is 5.95. The van der Waals surface area contributed by atoms with Crippen molar-refractivity contribution >= 4 is 22.6 Å². The fraction of sp³-hybridized carbons (Fsp3) is 0.412. The molecule has 3 N–H and O–H groups in total. The second-order valence-corrected chi connectivity index (χ2v) is 5.57. The molecule has 2 aromatic rings. The van der Waals surface area contributed by atoms with Crippen LogP contribution in [0, 0.1) is 6.92 Å². The molecule has 1 aromatic heterocycles. The Labute approximate surface area is 130 Å². The second kappa shape index (κ2) is 6.75. The van der Waals surface area contributed by atoms with Gasteiger partial charge < -0.3 is 15.7 Å². The Balaban J connectivity index is 2.11. The molecule has 0 spiro atoms. The molecule has 0 atom stereocenters. The number of urea groups is 1. The number of aromatic nitrogens is 1. The number of benzene rings is 1. The predicted octanol–water partition coefficient (Wildman–Crippen LogP) is 3.22. The highest BCUT2D eigenvalue weighted by Gasteiger charge is 2.22. The number of anilines is 1. The van der Waals surface area contributed by atoms with Gasteiger partial charge in [-0.05, 0) is 31.9 Å². The number of nitrogens with zero attached hydrogens (tertiary/aromatic N) is 1. The summed E-state index contributed by atoms with van der Waals surface area (Å²) < 4.78 is 0. The average Bonchev–Trinajstić information content (AvgIpc) is 2.53. The van der Waals surface area contributed by atoms with E-state index >= 15 is 0 Å². The van der Waals surface area contributed by atoms with Gasteiger partial charge in [-0.1, -0.05) is 32.0 Å². The summed E-state index contributed by atoms with van der Waals surface area (Å²) in [6.07, 6.45) is 1.19. The van der Waals surface area contributed by atoms with Crippen molar-refractivity contribution in [3.8, 4) is 0 Å². The SMILES string of the molecule is CCC(O)(CC)CNC(=O)Nc1cccc2ccc(C)nc12. The van der Waals surface area contributed by atoms with Crippen molar-refractivity contribution in [3.63, 3.8) is 0 Å². The van der Waals surface area contributed by atoms with Gasteiger partial charge in [-0.15, -0.1) is 0 Å². The number of fused-ring (bicyclic) bond motifs is 1. The molecule has 0 saturated heterocycles. The first-order valence-electron chi connectivity index (χ1n) is 7.61. The molecule has 0 saturated carbocycles. The maximum Gasteiger partial charge on any atom is 0.319 e. The van der Waals surface area contributed by atoms with Crippen LogP contribution in [0.1, 0.15) is 32.4 Å². The lowest BCUT2D eigenvalue weighted by molar-refractivity contribution is 0.0354. The Bertz CT molecular complexity index is 666. The van der Waals surface area contributed by atoms with Crippen LogP contribution >= 0.6 is 0 Å². The number of aryl methyl sites for hydroxylation is 1. The van der Waals surface area contributed by atoms with Gasteiger partial charge in [-0.25, -0.2) is 4.79 Å². The molecule has 0 aliphatic heterocycles. The number of aliphatic hydroxyl groups is 1. The summed E-state index contributed by atoms with van der Waals surface area (Å²) in [6, 6.07) is 9.24. The quantitative estimate of drug-likeness (QED) is 0.794. The van der Waals surface area contributed by atoms with Crippen LogP contribution in [0.2, 0.25) is 0 Å². The Morgan fingerprint density at radius 3 is 2.64 bits per heavy atom. The van der Waals surface area contributed by atoms with Gasteiger partial charge in [0.1, 0.15) is 0 Å². The van der Waals surface area contributed by atoms with Gasteiger partial charge in [0.05, 0.1) is 16.8 Å². The van der Waals surface area contributed by atoms with Gasteiger partial charge in [-0.3, -0.25) is 4.98 Å². The van der Waals surface area contributed by atoms with Crippen molar-refractivity contribution in [2.75, 3.05) is 11.9 Å². The number of hydrogen-bond donors (Lipinski definition) is 3. The smallest absolute Gasteiger partial charge is 0.319 e. The first-order valence-corrected chi connectivity index (χ1v) is 7.61. The van der Waals surface area contributed by atoms with E-state index in [2.05, 4.69) is 15.6 Å². The molecule has 2 amide bonds. The summed E-state index contributed by atoms with van der Waals surface area (Å²) in [5.41, 5.74) is 1.47. The highest BCUT2D eigenvalue weighted by Crippen LogP contribution is 2.21. The summed E-state index contributed by atoms with van der Waals surface area (Å²) in [5, 5.41) is 16.7. The zero-order valence-electron chi connectivity index (χ0n) is 13.3. The number of hydrogen-bond acceptors (Lipinski definition) is 3. The van der Waals surface area contributed by atoms with E-state index in [1.807, 2.05) is 51.1 Å². The van der Waals surface area contributed by atoms with Gasteiger partial charge in [0.15, 0.2) is 0 Å². The Morgan fingerprint density at radius 1 is 1.23 bits per heavy atom. The third-order valence-electron chi connectivity index (χ3n) is 4.00. The van der Waals surface area contributed by atoms with Crippen molar-refractivity contribution in [2.24, 2.45) is 0 Å². The van der Waals surface area contributed by atoms with Crippen LogP contribution in [0.3, 0.4) is 0 Å². The van der Waals surface area contributed by atoms with Crippen molar-refractivity contribution in [2.45, 2.75) is 39.2 Å². The molecule has 0 aliphatic carbocycles. The lowest BCUT2D eigenvalue weighted by Crippen LogP contribution is -2.43. The molecule has 2 rings (SSSR count). The van der Waals surface area contributed by atoms with Gasteiger partial charge in [0.25, 0.3) is 0 Å². The molecule has 0 unspecified atom stereocenters. The van der Waals surface area contributed by atoms with Crippen molar-refractivity contribution < 1.29 is 9.90 Å². The van der Waals surface area contributed by atoms with E-state index < -0.39 is 5.60 Å². The molecule has 0 aliphatic rings. The predicted molar refractivity (Wildman–Crippen MR) is 89.0 cm³/mol. The topological polar surface area (TPSA) is 74.2 Å². The van der Waals surface area contributed by atoms with Gasteiger partial charge in [0, 0.05) is 17.6 Å². The van der Waals surface area contributed by atoms with Crippen LogP contribution < -0.4 is 10.6 Å². The van der Waals surface area contributed by atoms with Crippen LogP contribution in [-0.4, -0.2) is 28.3 Å². The second-order valence-electron chi connectivity index (χ2n) is 5.57. The maximum absolute atomic E-state index is 12.1. The minimum atomic E-state index is -0.856. The lowest BCUT2D eigenvalue weighted by Gasteiger charge is -2.25. The number of pyridine rings is 1. The highest BCUT2D eigenvalue weighted by atomic mass is 16.3. The minimum absolute atomic E-state index is 0.225. The number of amides is 2. The number of carbonyl (C=O) groups is 1. The van der Waals surface area contributed by atoms with Crippen LogP contribution in [0.15, 0.2) is 30.3 Å². The number of nitrogens with one attached hydrogen (secondary N) is 2. The van der Waals surface area contributed by atoms with Crippen LogP contribution in [0.5, 0.6) is 0 Å². The summed E-state index contributed by atoms with van der Waals surface area (Å²) >= 11 is 0. The fourth-order valence-corrected chi connectivity index (χ4v) is 2.26. The van der Waals surface area contributed by atoms with Gasteiger partial charge in [-0.2, -0.15) is 0 Å². The first kappa shape index (κ1) is 16.2. The van der Waals surface area contributed by atoms with Crippen LogP contribution in [-0.2, 0) is 0 Å². The Kier molecular flexibility index (Phi) is 4.98. The van der Waals surface area contributed by atoms with E-state index in [0.717, 1.165) is 16.6 Å². The van der Waals surface area contributed by atoms with E-state index in [-0.39, 0.29) is 12.6 Å². The van der Waals surface area contributed by atoms with E-state index in [1.165, 1.54) is 0 Å². The zero-order valence-corrected chi connectivity index (χ0v) is 13.3. The highest BCUT2D eigenvalue weighted by molar-refractivity contribution is 5.99. The first-order chi connectivity index (χ1) is 10.5. The van der Waals surface area contributed by atoms with Crippen LogP contribution in [0.25, 0.3) is 10.9 Å². The molecule has 1 aromatic carbocycles. The molecule has 0 bridgehead atoms. The fourth-order valence-electron chi connectivity index (χ4n) is 2.26. The van der Waals surface area contributed by atoms with Gasteiger partial charge in [0.2, 0.25) is 0 Å². The summed E-state index contributed by atoms with van der Waals surface area (Å²) in [4.78, 5) is 16.5. The van der Waals surface area contributed by atoms with Crippen LogP contribution in [0.4, 0.5) is 10.5 Å². The Morgan fingerprint density at radius 2 is 1.95 bits per heavy atom. The largest absolute Gasteiger partial charge is 0.388 e. The third kappa shape index (κ3) is 3.74. The average molecular weight is 301 g/mol. The summed E-state index contributed by atoms with van der Waals surface area (Å²) in [7, 11) is 0. The molecule has 22 heavy (non-hydrogen) atoms. The molecular formula is C17H23N3O2. The molecule has 0 fully saturated rings. The monoisotopic (exact) mass is 301 g/mol. The molecule has 118 valence electrons. The maximum atomic E-state index is 12.1. The molecular weight excluding hydrogens is 278 g/mol. The third-order valence-corrected chi connectivity index (χ3v) is 4.00. The van der Waals surface area contributed by atoms with E-state index in [1.54, 1.807) is 0 Å². The normalized spacial score (nSPS) is 11.5. The molecule has 5 nitrogen and oxygen atoms in total. The van der Waals surface area contributed by atoms with Gasteiger partial charge >= 0.3 is 6.03 Å². The standard InChI is InChI=1S/C17H23N3O2/c1-4-17(22,5-2)11-18-16(21)20-14-8-6-7-13-10-9-12(3)19-15(13)14/h6-10,22H,4-5,11H2,1-3H3,(H2,18,20,21). The lowest BCUT2D eigenvalue weighted by atomic mass is 9.98. The van der Waals surface area contributed by atoms with E-state index in [4.69, 9.17) is 0 Å². The molecule has 1 heterocycles. The van der Waals surface area contributed by atoms with Crippen molar-refractivity contribution in [1.82, 2.24) is 10.3 Å². The van der Waals surface area contributed by atoms with Crippen molar-refractivity contribution in [1.29, 1.82) is 0 Å². The van der Waals surface area contributed by atoms with E-state index in [9.17, 15) is 9.90 Å². The minimum Gasteiger partial charge on any atom is -0.388 e. The number of carbonyl (C=O) groups excluding carboxylic acids is 1.